The zero-order valence-corrected chi connectivity index (χ0v) is 18.9. The lowest BCUT2D eigenvalue weighted by atomic mass is 9.93. The first-order chi connectivity index (χ1) is 15.4. The van der Waals surface area contributed by atoms with E-state index in [1.54, 1.807) is 12.0 Å². The lowest BCUT2D eigenvalue weighted by Crippen LogP contribution is -2.65. The molecular weight excluding hydrogens is 402 g/mol. The van der Waals surface area contributed by atoms with E-state index in [1.807, 2.05) is 66.9 Å². The Balaban J connectivity index is 1.64. The third-order valence-corrected chi connectivity index (χ3v) is 6.96. The van der Waals surface area contributed by atoms with Crippen LogP contribution in [0.5, 0.6) is 5.75 Å². The van der Waals surface area contributed by atoms with Crippen LogP contribution in [0.4, 0.5) is 5.69 Å². The molecule has 2 aromatic carbocycles. The summed E-state index contributed by atoms with van der Waals surface area (Å²) in [5.41, 5.74) is 2.27. The van der Waals surface area contributed by atoms with E-state index in [4.69, 9.17) is 4.74 Å². The lowest BCUT2D eigenvalue weighted by Gasteiger charge is -2.44. The highest BCUT2D eigenvalue weighted by Crippen LogP contribution is 2.37. The number of benzene rings is 2. The smallest absolute Gasteiger partial charge is 0.275 e. The quantitative estimate of drug-likeness (QED) is 0.664. The van der Waals surface area contributed by atoms with Crippen LogP contribution in [0.1, 0.15) is 48.7 Å². The van der Waals surface area contributed by atoms with Crippen molar-refractivity contribution in [1.29, 1.82) is 0 Å². The topological polar surface area (TPSA) is 63.6 Å². The summed E-state index contributed by atoms with van der Waals surface area (Å²) in [6, 6.07) is 15.7. The van der Waals surface area contributed by atoms with E-state index in [9.17, 15) is 9.59 Å². The van der Waals surface area contributed by atoms with Gasteiger partial charge >= 0.3 is 0 Å². The number of hydrogen-bond donors (Lipinski definition) is 1. The Labute approximate surface area is 188 Å². The highest BCUT2D eigenvalue weighted by molar-refractivity contribution is 6.14. The molecule has 2 heterocycles. The molecule has 0 saturated heterocycles. The Bertz CT molecular complexity index is 1190. The Kier molecular flexibility index (Phi) is 4.96. The average Bonchev–Trinajstić information content (AvgIpc) is 3.42. The minimum atomic E-state index is -1.06. The zero-order chi connectivity index (χ0) is 22.5. The van der Waals surface area contributed by atoms with E-state index in [-0.39, 0.29) is 17.9 Å². The fraction of sp³-hybridized carbons (Fsp3) is 0.385. The fourth-order valence-electron chi connectivity index (χ4n) is 5.11. The summed E-state index contributed by atoms with van der Waals surface area (Å²) < 4.78 is 7.38. The number of nitrogens with one attached hydrogen (secondary N) is 1. The van der Waals surface area contributed by atoms with Crippen molar-refractivity contribution >= 4 is 28.4 Å². The summed E-state index contributed by atoms with van der Waals surface area (Å²) in [6.45, 7) is 4.26. The first-order valence-electron chi connectivity index (χ1n) is 11.3. The number of carbonyl (C=O) groups excluding carboxylic acids is 2. The number of anilines is 1. The predicted molar refractivity (Wildman–Crippen MR) is 125 cm³/mol. The van der Waals surface area contributed by atoms with Crippen LogP contribution >= 0.6 is 0 Å². The minimum absolute atomic E-state index is 0.103. The molecule has 32 heavy (non-hydrogen) atoms. The Morgan fingerprint density at radius 3 is 2.50 bits per heavy atom. The van der Waals surface area contributed by atoms with Gasteiger partial charge in [0.05, 0.1) is 19.2 Å². The van der Waals surface area contributed by atoms with Gasteiger partial charge in [0.25, 0.3) is 5.91 Å². The van der Waals surface area contributed by atoms with E-state index in [0.717, 1.165) is 53.6 Å². The minimum Gasteiger partial charge on any atom is -0.497 e. The molecule has 1 saturated carbocycles. The maximum atomic E-state index is 13.9. The number of amides is 2. The zero-order valence-electron chi connectivity index (χ0n) is 18.9. The van der Waals surface area contributed by atoms with Crippen molar-refractivity contribution in [2.45, 2.75) is 57.7 Å². The van der Waals surface area contributed by atoms with Crippen molar-refractivity contribution in [3.05, 3.63) is 59.8 Å². The van der Waals surface area contributed by atoms with Gasteiger partial charge in [-0.05, 0) is 57.0 Å². The second-order valence-electron chi connectivity index (χ2n) is 9.25. The largest absolute Gasteiger partial charge is 0.497 e. The number of hydrogen-bond acceptors (Lipinski definition) is 3. The van der Waals surface area contributed by atoms with E-state index in [1.165, 1.54) is 0 Å². The van der Waals surface area contributed by atoms with E-state index < -0.39 is 5.54 Å². The van der Waals surface area contributed by atoms with Gasteiger partial charge in [-0.25, -0.2) is 0 Å². The normalized spacial score (nSPS) is 21.1. The summed E-state index contributed by atoms with van der Waals surface area (Å²) in [5.74, 6) is 0.456. The van der Waals surface area contributed by atoms with Gasteiger partial charge in [0.1, 0.15) is 17.0 Å². The van der Waals surface area contributed by atoms with Crippen molar-refractivity contribution in [1.82, 2.24) is 9.88 Å². The number of fused-ring (bicyclic) bond motifs is 3. The summed E-state index contributed by atoms with van der Waals surface area (Å²) >= 11 is 0. The first kappa shape index (κ1) is 20.6. The molecular formula is C26H29N3O3. The van der Waals surface area contributed by atoms with Gasteiger partial charge in [0, 0.05) is 23.2 Å². The molecule has 1 aromatic heterocycles. The van der Waals surface area contributed by atoms with Gasteiger partial charge in [-0.2, -0.15) is 0 Å². The summed E-state index contributed by atoms with van der Waals surface area (Å²) in [7, 11) is 1.63. The first-order valence-corrected chi connectivity index (χ1v) is 11.3. The second kappa shape index (κ2) is 7.69. The van der Waals surface area contributed by atoms with Gasteiger partial charge in [-0.1, -0.05) is 30.5 Å². The number of carbonyl (C=O) groups is 2. The number of rotatable bonds is 4. The van der Waals surface area contributed by atoms with E-state index in [2.05, 4.69) is 5.32 Å². The fourth-order valence-corrected chi connectivity index (χ4v) is 5.11. The van der Waals surface area contributed by atoms with Crippen molar-refractivity contribution in [2.75, 3.05) is 12.0 Å². The molecule has 1 aliphatic carbocycles. The van der Waals surface area contributed by atoms with Crippen LogP contribution in [0, 0.1) is 6.92 Å². The molecule has 5 rings (SSSR count). The molecule has 2 amide bonds. The molecule has 6 nitrogen and oxygen atoms in total. The number of ether oxygens (including phenoxy) is 1. The Morgan fingerprint density at radius 2 is 1.81 bits per heavy atom. The third kappa shape index (κ3) is 3.25. The van der Waals surface area contributed by atoms with Gasteiger partial charge in [-0.15, -0.1) is 0 Å². The molecule has 0 bridgehead atoms. The van der Waals surface area contributed by atoms with Crippen LogP contribution in [-0.2, 0) is 11.3 Å². The van der Waals surface area contributed by atoms with Crippen molar-refractivity contribution in [3.8, 4) is 5.75 Å². The molecule has 0 radical (unpaired) electrons. The monoisotopic (exact) mass is 431 g/mol. The van der Waals surface area contributed by atoms with Crippen molar-refractivity contribution < 1.29 is 14.3 Å². The van der Waals surface area contributed by atoms with Crippen LogP contribution in [-0.4, -0.2) is 35.1 Å². The van der Waals surface area contributed by atoms with Crippen LogP contribution in [0.25, 0.3) is 10.9 Å². The molecule has 1 aliphatic heterocycles. The molecule has 1 fully saturated rings. The molecule has 166 valence electrons. The Hall–Kier alpha value is -3.28. The van der Waals surface area contributed by atoms with Gasteiger partial charge in [-0.3, -0.25) is 14.5 Å². The number of aromatic nitrogens is 1. The highest BCUT2D eigenvalue weighted by Gasteiger charge is 2.49. The van der Waals surface area contributed by atoms with Gasteiger partial charge in [0.15, 0.2) is 0 Å². The second-order valence-corrected chi connectivity index (χ2v) is 9.25. The summed E-state index contributed by atoms with van der Waals surface area (Å²) in [6.07, 6.45) is 4.26. The summed E-state index contributed by atoms with van der Waals surface area (Å²) in [5, 5.41) is 4.20. The maximum Gasteiger partial charge on any atom is 0.275 e. The lowest BCUT2D eigenvalue weighted by molar-refractivity contribution is -0.127. The summed E-state index contributed by atoms with van der Waals surface area (Å²) in [4.78, 5) is 29.3. The standard InChI is InChI=1S/C26H29N3O3/c1-17-8-11-20(12-9-17)29-24(30)23-14-18-10-13-21(32-3)15-22(18)28(23)16-26(29,2)25(31)27-19-6-4-5-7-19/h8-15,19H,4-7,16H2,1-3H3,(H,27,31). The number of methoxy groups -OCH3 is 1. The molecule has 0 spiro atoms. The molecule has 3 aromatic rings. The molecule has 6 heteroatoms. The Morgan fingerprint density at radius 1 is 1.09 bits per heavy atom. The van der Waals surface area contributed by atoms with Crippen LogP contribution in [0.2, 0.25) is 0 Å². The maximum absolute atomic E-state index is 13.9. The van der Waals surface area contributed by atoms with Crippen LogP contribution in [0.15, 0.2) is 48.5 Å². The van der Waals surface area contributed by atoms with E-state index in [0.29, 0.717) is 12.2 Å². The molecule has 1 N–H and O–H groups in total. The van der Waals surface area contributed by atoms with Gasteiger partial charge in [0.2, 0.25) is 5.91 Å². The van der Waals surface area contributed by atoms with Crippen LogP contribution < -0.4 is 15.0 Å². The predicted octanol–water partition coefficient (Wildman–Crippen LogP) is 4.44. The van der Waals surface area contributed by atoms with E-state index >= 15 is 0 Å². The van der Waals surface area contributed by atoms with Crippen LogP contribution in [0.3, 0.4) is 0 Å². The average molecular weight is 432 g/mol. The third-order valence-electron chi connectivity index (χ3n) is 6.96. The highest BCUT2D eigenvalue weighted by atomic mass is 16.5. The van der Waals surface area contributed by atoms with Crippen molar-refractivity contribution in [3.63, 3.8) is 0 Å². The van der Waals surface area contributed by atoms with Gasteiger partial charge < -0.3 is 14.6 Å². The number of aryl methyl sites for hydroxylation is 1. The molecule has 2 aliphatic rings. The number of nitrogens with zero attached hydrogens (tertiary/aromatic N) is 2. The van der Waals surface area contributed by atoms with Crippen molar-refractivity contribution in [2.24, 2.45) is 0 Å². The molecule has 1 unspecified atom stereocenters. The molecule has 1 atom stereocenters. The SMILES string of the molecule is COc1ccc2cc3n(c2c1)CC(C)(C(=O)NC1CCCC1)N(c1ccc(C)cc1)C3=O.